The number of benzene rings is 2. The van der Waals surface area contributed by atoms with Gasteiger partial charge in [0.05, 0.1) is 19.1 Å². The number of nitriles is 1. The van der Waals surface area contributed by atoms with Crippen LogP contribution in [0, 0.1) is 11.3 Å². The van der Waals surface area contributed by atoms with Crippen LogP contribution in [0.5, 0.6) is 5.75 Å². The lowest BCUT2D eigenvalue weighted by Crippen LogP contribution is -2.11. The van der Waals surface area contributed by atoms with Crippen LogP contribution in [0.3, 0.4) is 0 Å². The number of amides is 1. The molecule has 1 amide bonds. The van der Waals surface area contributed by atoms with Crippen LogP contribution in [-0.2, 0) is 6.42 Å². The van der Waals surface area contributed by atoms with Crippen LogP contribution in [-0.4, -0.2) is 12.5 Å². The van der Waals surface area contributed by atoms with Crippen LogP contribution in [0.2, 0.25) is 0 Å². The van der Waals surface area contributed by atoms with Gasteiger partial charge in [0.2, 0.25) is 0 Å². The molecule has 0 aliphatic carbocycles. The minimum absolute atomic E-state index is 0.168. The molecule has 0 aromatic heterocycles. The third-order valence-electron chi connectivity index (χ3n) is 3.38. The lowest BCUT2D eigenvalue weighted by Gasteiger charge is -2.08. The Bertz CT molecular complexity index is 670. The molecule has 4 nitrogen and oxygen atoms in total. The van der Waals surface area contributed by atoms with Gasteiger partial charge in [0.1, 0.15) is 5.75 Å². The fourth-order valence-electron chi connectivity index (χ4n) is 2.04. The predicted octanol–water partition coefficient (Wildman–Crippen LogP) is 4.18. The number of nitrogens with zero attached hydrogens (tertiary/aromatic N) is 1. The van der Waals surface area contributed by atoms with E-state index in [-0.39, 0.29) is 5.91 Å². The van der Waals surface area contributed by atoms with Crippen LogP contribution >= 0.6 is 0 Å². The fourth-order valence-corrected chi connectivity index (χ4v) is 2.04. The van der Waals surface area contributed by atoms with Crippen LogP contribution in [0.15, 0.2) is 48.5 Å². The maximum Gasteiger partial charge on any atom is 0.255 e. The molecule has 23 heavy (non-hydrogen) atoms. The highest BCUT2D eigenvalue weighted by Gasteiger charge is 2.06. The van der Waals surface area contributed by atoms with E-state index in [9.17, 15) is 4.79 Å². The number of carbonyl (C=O) groups excluding carboxylic acids is 1. The Hall–Kier alpha value is -2.80. The molecule has 2 rings (SSSR count). The summed E-state index contributed by atoms with van der Waals surface area (Å²) in [6, 6.07) is 16.5. The van der Waals surface area contributed by atoms with Gasteiger partial charge in [-0.1, -0.05) is 25.5 Å². The SMILES string of the molecule is CCCCOc1ccc(C(=O)Nc2ccc(CC#N)cc2)cc1. The molecule has 0 aliphatic heterocycles. The first-order valence-electron chi connectivity index (χ1n) is 7.73. The molecule has 2 aromatic rings. The molecule has 0 spiro atoms. The third kappa shape index (κ3) is 5.15. The Balaban J connectivity index is 1.93. The van der Waals surface area contributed by atoms with Crippen molar-refractivity contribution in [1.29, 1.82) is 5.26 Å². The summed E-state index contributed by atoms with van der Waals surface area (Å²) in [5.41, 5.74) is 2.22. The zero-order chi connectivity index (χ0) is 16.5. The summed E-state index contributed by atoms with van der Waals surface area (Å²) in [4.78, 5) is 12.2. The highest BCUT2D eigenvalue weighted by molar-refractivity contribution is 6.04. The Morgan fingerprint density at radius 2 is 1.83 bits per heavy atom. The summed E-state index contributed by atoms with van der Waals surface area (Å²) in [5.74, 6) is 0.606. The molecule has 0 bridgehead atoms. The summed E-state index contributed by atoms with van der Waals surface area (Å²) in [5, 5.41) is 11.5. The Morgan fingerprint density at radius 1 is 1.13 bits per heavy atom. The highest BCUT2D eigenvalue weighted by Crippen LogP contribution is 2.15. The standard InChI is InChI=1S/C19H20N2O2/c1-2-3-14-23-18-10-6-16(7-11-18)19(22)21-17-8-4-15(5-9-17)12-13-20/h4-11H,2-3,12,14H2,1H3,(H,21,22). The van der Waals surface area contributed by atoms with Crippen molar-refractivity contribution in [3.63, 3.8) is 0 Å². The van der Waals surface area contributed by atoms with E-state index in [2.05, 4.69) is 18.3 Å². The molecule has 0 aliphatic rings. The molecule has 0 fully saturated rings. The van der Waals surface area contributed by atoms with Gasteiger partial charge in [0.25, 0.3) is 5.91 Å². The molecule has 0 atom stereocenters. The maximum absolute atomic E-state index is 12.2. The zero-order valence-electron chi connectivity index (χ0n) is 13.2. The van der Waals surface area contributed by atoms with E-state index in [4.69, 9.17) is 10.00 Å². The number of unbranched alkanes of at least 4 members (excludes halogenated alkanes) is 1. The van der Waals surface area contributed by atoms with Crippen molar-refractivity contribution in [1.82, 2.24) is 0 Å². The monoisotopic (exact) mass is 308 g/mol. The minimum Gasteiger partial charge on any atom is -0.494 e. The van der Waals surface area contributed by atoms with E-state index in [0.29, 0.717) is 24.3 Å². The lowest BCUT2D eigenvalue weighted by molar-refractivity contribution is 0.102. The van der Waals surface area contributed by atoms with Crippen molar-refractivity contribution in [2.45, 2.75) is 26.2 Å². The van der Waals surface area contributed by atoms with Crippen molar-refractivity contribution in [2.75, 3.05) is 11.9 Å². The van der Waals surface area contributed by atoms with Crippen LogP contribution < -0.4 is 10.1 Å². The predicted molar refractivity (Wildman–Crippen MR) is 90.6 cm³/mol. The second-order valence-electron chi connectivity index (χ2n) is 5.21. The van der Waals surface area contributed by atoms with Crippen molar-refractivity contribution in [3.05, 3.63) is 59.7 Å². The number of rotatable bonds is 7. The molecule has 0 heterocycles. The van der Waals surface area contributed by atoms with Crippen LogP contribution in [0.25, 0.3) is 0 Å². The Morgan fingerprint density at radius 3 is 2.43 bits per heavy atom. The summed E-state index contributed by atoms with van der Waals surface area (Å²) in [6.07, 6.45) is 2.48. The van der Waals surface area contributed by atoms with Gasteiger partial charge in [-0.3, -0.25) is 4.79 Å². The molecule has 0 saturated carbocycles. The molecular weight excluding hydrogens is 288 g/mol. The largest absolute Gasteiger partial charge is 0.494 e. The highest BCUT2D eigenvalue weighted by atomic mass is 16.5. The van der Waals surface area contributed by atoms with Crippen molar-refractivity contribution < 1.29 is 9.53 Å². The van der Waals surface area contributed by atoms with Crippen molar-refractivity contribution in [2.24, 2.45) is 0 Å². The van der Waals surface area contributed by atoms with Gasteiger partial charge in [-0.15, -0.1) is 0 Å². The number of anilines is 1. The first-order valence-corrected chi connectivity index (χ1v) is 7.73. The smallest absolute Gasteiger partial charge is 0.255 e. The Kier molecular flexibility index (Phi) is 6.19. The van der Waals surface area contributed by atoms with Gasteiger partial charge >= 0.3 is 0 Å². The average molecular weight is 308 g/mol. The maximum atomic E-state index is 12.2. The minimum atomic E-state index is -0.168. The normalized spacial score (nSPS) is 9.91. The fraction of sp³-hybridized carbons (Fsp3) is 0.263. The quantitative estimate of drug-likeness (QED) is 0.780. The number of hydrogen-bond acceptors (Lipinski definition) is 3. The first-order chi connectivity index (χ1) is 11.2. The summed E-state index contributed by atoms with van der Waals surface area (Å²) >= 11 is 0. The van der Waals surface area contributed by atoms with Gasteiger partial charge in [-0.25, -0.2) is 0 Å². The summed E-state index contributed by atoms with van der Waals surface area (Å²) in [7, 11) is 0. The first kappa shape index (κ1) is 16.6. The summed E-state index contributed by atoms with van der Waals surface area (Å²) < 4.78 is 5.58. The molecule has 1 N–H and O–H groups in total. The molecule has 2 aromatic carbocycles. The van der Waals surface area contributed by atoms with Gasteiger partial charge in [0.15, 0.2) is 0 Å². The molecule has 118 valence electrons. The molecular formula is C19H20N2O2. The third-order valence-corrected chi connectivity index (χ3v) is 3.38. The number of ether oxygens (including phenoxy) is 1. The van der Waals surface area contributed by atoms with Crippen LogP contribution in [0.1, 0.15) is 35.7 Å². The van der Waals surface area contributed by atoms with E-state index < -0.39 is 0 Å². The second-order valence-corrected chi connectivity index (χ2v) is 5.21. The van der Waals surface area contributed by atoms with Gasteiger partial charge < -0.3 is 10.1 Å². The second kappa shape index (κ2) is 8.60. The average Bonchev–Trinajstić information content (AvgIpc) is 2.58. The van der Waals surface area contributed by atoms with Crippen molar-refractivity contribution >= 4 is 11.6 Å². The zero-order valence-corrected chi connectivity index (χ0v) is 13.2. The number of hydrogen-bond donors (Lipinski definition) is 1. The van der Waals surface area contributed by atoms with E-state index in [1.165, 1.54) is 0 Å². The summed E-state index contributed by atoms with van der Waals surface area (Å²) in [6.45, 7) is 2.81. The number of nitrogens with one attached hydrogen (secondary N) is 1. The van der Waals surface area contributed by atoms with Crippen molar-refractivity contribution in [3.8, 4) is 11.8 Å². The molecule has 0 saturated heterocycles. The number of carbonyl (C=O) groups is 1. The molecule has 4 heteroatoms. The van der Waals surface area contributed by atoms with Gasteiger partial charge in [-0.2, -0.15) is 5.26 Å². The molecule has 0 unspecified atom stereocenters. The van der Waals surface area contributed by atoms with Gasteiger partial charge in [-0.05, 0) is 48.4 Å². The van der Waals surface area contributed by atoms with E-state index in [0.717, 1.165) is 24.2 Å². The Labute approximate surface area is 136 Å². The lowest BCUT2D eigenvalue weighted by atomic mass is 10.1. The molecule has 0 radical (unpaired) electrons. The van der Waals surface area contributed by atoms with E-state index >= 15 is 0 Å². The van der Waals surface area contributed by atoms with Gasteiger partial charge in [0, 0.05) is 11.3 Å². The van der Waals surface area contributed by atoms with E-state index in [1.807, 2.05) is 12.1 Å². The van der Waals surface area contributed by atoms with Crippen LogP contribution in [0.4, 0.5) is 5.69 Å². The topological polar surface area (TPSA) is 62.1 Å². The van der Waals surface area contributed by atoms with E-state index in [1.54, 1.807) is 36.4 Å².